The van der Waals surface area contributed by atoms with Gasteiger partial charge in [-0.15, -0.1) is 0 Å². The molecule has 6 rings (SSSR count). The van der Waals surface area contributed by atoms with Crippen LogP contribution < -0.4 is 15.4 Å². The molecule has 2 amide bonds. The molecule has 52 heavy (non-hydrogen) atoms. The number of nitrogens with one attached hydrogen (secondary N) is 2. The number of aliphatic hydroxyl groups excluding tert-OH is 2. The zero-order chi connectivity index (χ0) is 38.3. The van der Waals surface area contributed by atoms with Crippen LogP contribution in [0.15, 0.2) is 40.9 Å². The zero-order valence-corrected chi connectivity index (χ0v) is 34.3. The number of methoxy groups -OCH3 is 1. The van der Waals surface area contributed by atoms with E-state index in [1.807, 2.05) is 50.5 Å². The molecule has 10 nitrogen and oxygen atoms in total. The molecule has 288 valence electrons. The van der Waals surface area contributed by atoms with E-state index in [2.05, 4.69) is 73.0 Å². The third-order valence-corrected chi connectivity index (χ3v) is 12.4. The van der Waals surface area contributed by atoms with Gasteiger partial charge < -0.3 is 30.5 Å². The van der Waals surface area contributed by atoms with Crippen LogP contribution in [-0.4, -0.2) is 96.7 Å². The standard InChI is InChI=1S/C41H61BrN4O6/c1-23-32-17-28(41(32,6)7)18-33(23)44-39(50)36-35(24(2)48)34(22-47)52-46(36)20-25-12-11-13-31(37(25)51-10)26-14-27(16-29(42)15-26)38(49)43-30(21-45(8)9)19-40(3,4)5/h11-16,23-24,28,30,32-36,47-48H,17-22H2,1-10H3,(H,43,49)(H,44,50)/t23-,24-,28+,30-,32-,33-,34-,35+,36-/m0/s1. The molecule has 3 saturated carbocycles. The van der Waals surface area contributed by atoms with Crippen molar-refractivity contribution in [2.75, 3.05) is 34.4 Å². The summed E-state index contributed by atoms with van der Waals surface area (Å²) in [4.78, 5) is 36.2. The Morgan fingerprint density at radius 3 is 2.46 bits per heavy atom. The second-order valence-electron chi connectivity index (χ2n) is 17.7. The van der Waals surface area contributed by atoms with Gasteiger partial charge in [-0.1, -0.05) is 75.7 Å². The second kappa shape index (κ2) is 16.1. The smallest absolute Gasteiger partial charge is 0.251 e. The van der Waals surface area contributed by atoms with E-state index in [1.54, 1.807) is 19.1 Å². The maximum atomic E-state index is 14.2. The molecule has 4 fully saturated rings. The zero-order valence-electron chi connectivity index (χ0n) is 32.7. The first-order valence-corrected chi connectivity index (χ1v) is 19.6. The van der Waals surface area contributed by atoms with Crippen molar-refractivity contribution >= 4 is 27.7 Å². The number of carbonyl (C=O) groups excluding carboxylic acids is 2. The lowest BCUT2D eigenvalue weighted by Gasteiger charge is -2.62. The molecule has 1 aliphatic heterocycles. The van der Waals surface area contributed by atoms with Gasteiger partial charge in [-0.2, -0.15) is 5.06 Å². The van der Waals surface area contributed by atoms with Gasteiger partial charge >= 0.3 is 0 Å². The van der Waals surface area contributed by atoms with Gasteiger partial charge in [-0.05, 0) is 92.6 Å². The second-order valence-corrected chi connectivity index (χ2v) is 18.6. The van der Waals surface area contributed by atoms with Crippen LogP contribution in [0.4, 0.5) is 0 Å². The average Bonchev–Trinajstić information content (AvgIpc) is 3.42. The maximum Gasteiger partial charge on any atom is 0.251 e. The third kappa shape index (κ3) is 8.71. The molecular formula is C41H61BrN4O6. The summed E-state index contributed by atoms with van der Waals surface area (Å²) in [7, 11) is 5.62. The minimum atomic E-state index is -0.894. The molecule has 0 spiro atoms. The minimum Gasteiger partial charge on any atom is -0.496 e. The third-order valence-electron chi connectivity index (χ3n) is 11.9. The molecular weight excluding hydrogens is 724 g/mol. The summed E-state index contributed by atoms with van der Waals surface area (Å²) < 4.78 is 6.79. The molecule has 1 saturated heterocycles. The summed E-state index contributed by atoms with van der Waals surface area (Å²) in [5, 5.41) is 29.4. The molecule has 2 aromatic carbocycles. The fourth-order valence-corrected chi connectivity index (χ4v) is 9.81. The lowest BCUT2D eigenvalue weighted by Crippen LogP contribution is -2.62. The number of hydroxylamine groups is 2. The highest BCUT2D eigenvalue weighted by atomic mass is 79.9. The number of amides is 2. The monoisotopic (exact) mass is 784 g/mol. The van der Waals surface area contributed by atoms with Crippen LogP contribution in [0.25, 0.3) is 11.1 Å². The average molecular weight is 786 g/mol. The van der Waals surface area contributed by atoms with Gasteiger partial charge in [0.2, 0.25) is 5.91 Å². The van der Waals surface area contributed by atoms with Gasteiger partial charge in [0.1, 0.15) is 17.9 Å². The number of benzene rings is 2. The topological polar surface area (TPSA) is 124 Å². The number of nitrogens with zero attached hydrogens (tertiary/aromatic N) is 2. The van der Waals surface area contributed by atoms with Crippen LogP contribution in [0.3, 0.4) is 0 Å². The Bertz CT molecular complexity index is 1590. The highest BCUT2D eigenvalue weighted by molar-refractivity contribution is 9.10. The Kier molecular flexibility index (Phi) is 12.5. The molecule has 2 bridgehead atoms. The van der Waals surface area contributed by atoms with Crippen LogP contribution in [0.5, 0.6) is 5.75 Å². The van der Waals surface area contributed by atoms with E-state index in [0.717, 1.165) is 40.5 Å². The summed E-state index contributed by atoms with van der Waals surface area (Å²) in [5.74, 6) is 1.07. The Balaban J connectivity index is 1.41. The fourth-order valence-electron chi connectivity index (χ4n) is 9.32. The first-order valence-electron chi connectivity index (χ1n) is 18.8. The molecule has 2 aromatic rings. The van der Waals surface area contributed by atoms with Crippen molar-refractivity contribution in [3.8, 4) is 16.9 Å². The molecule has 4 N–H and O–H groups in total. The molecule has 4 aliphatic rings. The predicted octanol–water partition coefficient (Wildman–Crippen LogP) is 5.88. The van der Waals surface area contributed by atoms with Crippen molar-refractivity contribution in [3.63, 3.8) is 0 Å². The van der Waals surface area contributed by atoms with Gasteiger partial charge in [0, 0.05) is 45.7 Å². The van der Waals surface area contributed by atoms with Crippen molar-refractivity contribution in [2.24, 2.45) is 34.5 Å². The quantitative estimate of drug-likeness (QED) is 0.199. The first-order chi connectivity index (χ1) is 24.3. The van der Waals surface area contributed by atoms with Crippen LogP contribution in [0, 0.1) is 34.5 Å². The summed E-state index contributed by atoms with van der Waals surface area (Å²) >= 11 is 3.64. The van der Waals surface area contributed by atoms with E-state index in [1.165, 1.54) is 6.42 Å². The SMILES string of the molecule is COc1c(CN2O[C@@H](CO)[C@@H]([C@H](C)O)[C@H]2C(=O)N[C@H]2C[C@H]3C[C@@H]([C@@H]2C)C3(C)C)cccc1-c1cc(Br)cc(C(=O)N[C@H](CN(C)C)CC(C)(C)C)c1. The van der Waals surface area contributed by atoms with E-state index < -0.39 is 24.2 Å². The van der Waals surface area contributed by atoms with E-state index in [0.29, 0.717) is 29.1 Å². The molecule has 0 radical (unpaired) electrons. The lowest BCUT2D eigenvalue weighted by molar-refractivity contribution is -0.183. The number of rotatable bonds is 13. The van der Waals surface area contributed by atoms with E-state index in [-0.39, 0.29) is 47.9 Å². The van der Waals surface area contributed by atoms with Gasteiger partial charge in [-0.3, -0.25) is 14.4 Å². The first kappa shape index (κ1) is 40.6. The molecule has 0 aromatic heterocycles. The Hall–Kier alpha value is -2.54. The Labute approximate surface area is 319 Å². The van der Waals surface area contributed by atoms with E-state index in [9.17, 15) is 19.8 Å². The van der Waals surface area contributed by atoms with Gasteiger partial charge in [0.05, 0.1) is 26.4 Å². The van der Waals surface area contributed by atoms with E-state index >= 15 is 0 Å². The summed E-state index contributed by atoms with van der Waals surface area (Å²) in [6.45, 7) is 15.6. The van der Waals surface area contributed by atoms with Crippen LogP contribution in [-0.2, 0) is 16.2 Å². The molecule has 1 heterocycles. The van der Waals surface area contributed by atoms with Gasteiger partial charge in [0.15, 0.2) is 0 Å². The van der Waals surface area contributed by atoms with Crippen molar-refractivity contribution < 1.29 is 29.4 Å². The predicted molar refractivity (Wildman–Crippen MR) is 208 cm³/mol. The van der Waals surface area contributed by atoms with Crippen molar-refractivity contribution in [2.45, 2.75) is 105 Å². The largest absolute Gasteiger partial charge is 0.496 e. The van der Waals surface area contributed by atoms with Gasteiger partial charge in [-0.25, -0.2) is 0 Å². The van der Waals surface area contributed by atoms with Crippen LogP contribution >= 0.6 is 15.9 Å². The molecule has 9 atom stereocenters. The van der Waals surface area contributed by atoms with Crippen LogP contribution in [0.1, 0.15) is 83.7 Å². The number of aliphatic hydroxyl groups is 2. The fraction of sp³-hybridized carbons (Fsp3) is 0.659. The van der Waals surface area contributed by atoms with Crippen molar-refractivity contribution in [3.05, 3.63) is 52.0 Å². The van der Waals surface area contributed by atoms with Gasteiger partial charge in [0.25, 0.3) is 5.91 Å². The number of carbonyl (C=O) groups is 2. The lowest BCUT2D eigenvalue weighted by atomic mass is 9.45. The minimum absolute atomic E-state index is 0.0273. The number of halogens is 1. The molecule has 11 heteroatoms. The normalized spacial score (nSPS) is 28.2. The number of ether oxygens (including phenoxy) is 1. The highest BCUT2D eigenvalue weighted by Crippen LogP contribution is 2.61. The Morgan fingerprint density at radius 2 is 1.88 bits per heavy atom. The number of likely N-dealkylation sites (N-methyl/N-ethyl adjacent to an activating group) is 1. The summed E-state index contributed by atoms with van der Waals surface area (Å²) in [5.41, 5.74) is 3.18. The number of para-hydroxylation sites is 1. The van der Waals surface area contributed by atoms with Crippen LogP contribution in [0.2, 0.25) is 0 Å². The Morgan fingerprint density at radius 1 is 1.17 bits per heavy atom. The summed E-state index contributed by atoms with van der Waals surface area (Å²) in [6.07, 6.45) is 1.33. The van der Waals surface area contributed by atoms with E-state index in [4.69, 9.17) is 9.57 Å². The number of fused-ring (bicyclic) bond motifs is 2. The van der Waals surface area contributed by atoms with Crippen molar-refractivity contribution in [1.29, 1.82) is 0 Å². The number of hydrogen-bond acceptors (Lipinski definition) is 8. The highest BCUT2D eigenvalue weighted by Gasteiger charge is 2.57. The molecule has 0 unspecified atom stereocenters. The summed E-state index contributed by atoms with van der Waals surface area (Å²) in [6, 6.07) is 10.6. The maximum absolute atomic E-state index is 14.2. The van der Waals surface area contributed by atoms with Crippen molar-refractivity contribution in [1.82, 2.24) is 20.6 Å². The molecule has 3 aliphatic carbocycles. The number of hydrogen-bond donors (Lipinski definition) is 4.